The van der Waals surface area contributed by atoms with Gasteiger partial charge in [0, 0.05) is 17.3 Å². The Morgan fingerprint density at radius 2 is 2.00 bits per heavy atom. The zero-order valence-corrected chi connectivity index (χ0v) is 11.8. The minimum atomic E-state index is -0.291. The number of halogens is 1. The van der Waals surface area contributed by atoms with Gasteiger partial charge in [0.1, 0.15) is 5.82 Å². The number of aromatic nitrogens is 1. The maximum Gasteiger partial charge on any atom is 0.179 e. The lowest BCUT2D eigenvalue weighted by molar-refractivity contribution is 0.0979. The Morgan fingerprint density at radius 3 is 2.81 bits per heavy atom. The van der Waals surface area contributed by atoms with Gasteiger partial charge in [-0.25, -0.2) is 4.39 Å². The molecule has 0 aliphatic rings. The van der Waals surface area contributed by atoms with E-state index in [2.05, 4.69) is 11.1 Å². The Hall–Kier alpha value is -2.42. The number of benzene rings is 2. The van der Waals surface area contributed by atoms with E-state index < -0.39 is 0 Å². The van der Waals surface area contributed by atoms with Crippen molar-refractivity contribution in [2.45, 2.75) is 19.8 Å². The number of aromatic amines is 1. The van der Waals surface area contributed by atoms with Crippen molar-refractivity contribution >= 4 is 16.7 Å². The van der Waals surface area contributed by atoms with E-state index in [1.807, 2.05) is 25.1 Å². The summed E-state index contributed by atoms with van der Waals surface area (Å²) in [5.41, 5.74) is 3.69. The number of hydrogen-bond donors (Lipinski definition) is 1. The Labute approximate surface area is 122 Å². The molecule has 0 saturated heterocycles. The smallest absolute Gasteiger partial charge is 0.179 e. The summed E-state index contributed by atoms with van der Waals surface area (Å²) in [4.78, 5) is 15.3. The molecule has 0 saturated carbocycles. The van der Waals surface area contributed by atoms with Crippen LogP contribution >= 0.6 is 0 Å². The first-order valence-electron chi connectivity index (χ1n) is 6.99. The second kappa shape index (κ2) is 5.52. The van der Waals surface area contributed by atoms with Crippen molar-refractivity contribution in [3.63, 3.8) is 0 Å². The normalized spacial score (nSPS) is 11.0. The minimum Gasteiger partial charge on any atom is -0.352 e. The van der Waals surface area contributed by atoms with Gasteiger partial charge in [-0.3, -0.25) is 4.79 Å². The summed E-state index contributed by atoms with van der Waals surface area (Å²) in [6, 6.07) is 14.4. The highest BCUT2D eigenvalue weighted by molar-refractivity contribution is 5.99. The lowest BCUT2D eigenvalue weighted by atomic mass is 10.0. The zero-order chi connectivity index (χ0) is 14.8. The van der Waals surface area contributed by atoms with E-state index in [1.54, 1.807) is 12.1 Å². The molecule has 21 heavy (non-hydrogen) atoms. The van der Waals surface area contributed by atoms with Crippen molar-refractivity contribution < 1.29 is 9.18 Å². The van der Waals surface area contributed by atoms with Gasteiger partial charge in [0.15, 0.2) is 5.78 Å². The topological polar surface area (TPSA) is 32.9 Å². The molecule has 0 aliphatic carbocycles. The van der Waals surface area contributed by atoms with Crippen LogP contribution in [0.25, 0.3) is 10.9 Å². The maximum atomic E-state index is 13.2. The number of fused-ring (bicyclic) bond motifs is 1. The number of hydrogen-bond acceptors (Lipinski definition) is 1. The average molecular weight is 281 g/mol. The number of carbonyl (C=O) groups is 1. The molecule has 2 aromatic carbocycles. The molecule has 3 heteroatoms. The molecule has 0 radical (unpaired) electrons. The Balaban J connectivity index is 1.74. The Bertz CT molecular complexity index is 804. The second-order valence-electron chi connectivity index (χ2n) is 5.33. The van der Waals surface area contributed by atoms with E-state index in [4.69, 9.17) is 0 Å². The minimum absolute atomic E-state index is 0.0492. The van der Waals surface area contributed by atoms with Crippen LogP contribution in [0, 0.1) is 12.7 Å². The molecule has 0 atom stereocenters. The number of nitrogens with one attached hydrogen (secondary N) is 1. The average Bonchev–Trinajstić information content (AvgIpc) is 2.88. The van der Waals surface area contributed by atoms with Crippen LogP contribution in [-0.2, 0) is 6.42 Å². The van der Waals surface area contributed by atoms with Crippen molar-refractivity contribution in [1.29, 1.82) is 0 Å². The van der Waals surface area contributed by atoms with E-state index in [1.165, 1.54) is 17.7 Å². The number of aryl methyl sites for hydroxylation is 2. The summed E-state index contributed by atoms with van der Waals surface area (Å²) in [5.74, 6) is -0.242. The molecule has 0 unspecified atom stereocenters. The largest absolute Gasteiger partial charge is 0.352 e. The number of rotatable bonds is 4. The maximum absolute atomic E-state index is 13.2. The van der Waals surface area contributed by atoms with Crippen LogP contribution < -0.4 is 0 Å². The van der Waals surface area contributed by atoms with Crippen LogP contribution in [0.1, 0.15) is 28.0 Å². The monoisotopic (exact) mass is 281 g/mol. The molecule has 0 spiro atoms. The van der Waals surface area contributed by atoms with Gasteiger partial charge in [0.2, 0.25) is 0 Å². The van der Waals surface area contributed by atoms with Gasteiger partial charge >= 0.3 is 0 Å². The molecule has 0 fully saturated rings. The predicted octanol–water partition coefficient (Wildman–Crippen LogP) is 4.43. The van der Waals surface area contributed by atoms with Gasteiger partial charge in [-0.2, -0.15) is 0 Å². The fourth-order valence-electron chi connectivity index (χ4n) is 2.51. The molecule has 0 bridgehead atoms. The summed E-state index contributed by atoms with van der Waals surface area (Å²) in [5, 5.41) is 0.730. The molecule has 1 heterocycles. The lowest BCUT2D eigenvalue weighted by Crippen LogP contribution is -2.01. The summed E-state index contributed by atoms with van der Waals surface area (Å²) in [6.07, 6.45) is 1.16. The van der Waals surface area contributed by atoms with Gasteiger partial charge in [0.25, 0.3) is 0 Å². The van der Waals surface area contributed by atoms with Crippen LogP contribution in [-0.4, -0.2) is 10.8 Å². The van der Waals surface area contributed by atoms with E-state index in [-0.39, 0.29) is 11.6 Å². The number of carbonyl (C=O) groups excluding carboxylic acids is 1. The standard InChI is InChI=1S/C18H16FNO/c1-12-3-2-4-13(9-12)5-8-18(21)17-11-14-10-15(19)6-7-16(14)20-17/h2-4,6-7,9-11,20H,5,8H2,1H3. The molecule has 1 N–H and O–H groups in total. The van der Waals surface area contributed by atoms with Crippen molar-refractivity contribution in [3.8, 4) is 0 Å². The van der Waals surface area contributed by atoms with E-state index in [0.717, 1.165) is 16.5 Å². The first-order valence-corrected chi connectivity index (χ1v) is 6.99. The summed E-state index contributed by atoms with van der Waals surface area (Å²) >= 11 is 0. The third-order valence-electron chi connectivity index (χ3n) is 3.61. The summed E-state index contributed by atoms with van der Waals surface area (Å²) < 4.78 is 13.2. The predicted molar refractivity (Wildman–Crippen MR) is 82.1 cm³/mol. The second-order valence-corrected chi connectivity index (χ2v) is 5.33. The quantitative estimate of drug-likeness (QED) is 0.705. The highest BCUT2D eigenvalue weighted by Crippen LogP contribution is 2.18. The van der Waals surface area contributed by atoms with Gasteiger partial charge in [0.05, 0.1) is 5.69 Å². The van der Waals surface area contributed by atoms with Crippen LogP contribution in [0.5, 0.6) is 0 Å². The van der Waals surface area contributed by atoms with Crippen LogP contribution in [0.4, 0.5) is 4.39 Å². The number of H-pyrrole nitrogens is 1. The molecule has 0 aliphatic heterocycles. The third-order valence-corrected chi connectivity index (χ3v) is 3.61. The number of Topliss-reactive ketones (excluding diaryl/α,β-unsaturated/α-hetero) is 1. The lowest BCUT2D eigenvalue weighted by Gasteiger charge is -2.01. The molecule has 3 rings (SSSR count). The van der Waals surface area contributed by atoms with Crippen molar-refractivity contribution in [2.75, 3.05) is 0 Å². The van der Waals surface area contributed by atoms with Crippen LogP contribution in [0.2, 0.25) is 0 Å². The zero-order valence-electron chi connectivity index (χ0n) is 11.8. The Morgan fingerprint density at radius 1 is 1.14 bits per heavy atom. The van der Waals surface area contributed by atoms with Crippen molar-refractivity contribution in [2.24, 2.45) is 0 Å². The van der Waals surface area contributed by atoms with Gasteiger partial charge in [-0.05, 0) is 43.2 Å². The van der Waals surface area contributed by atoms with Crippen molar-refractivity contribution in [3.05, 3.63) is 71.2 Å². The molecule has 1 aromatic heterocycles. The van der Waals surface area contributed by atoms with Crippen molar-refractivity contribution in [1.82, 2.24) is 4.98 Å². The highest BCUT2D eigenvalue weighted by Gasteiger charge is 2.10. The fourth-order valence-corrected chi connectivity index (χ4v) is 2.51. The van der Waals surface area contributed by atoms with Gasteiger partial charge < -0.3 is 4.98 Å². The fraction of sp³-hybridized carbons (Fsp3) is 0.167. The van der Waals surface area contributed by atoms with Crippen LogP contribution in [0.3, 0.4) is 0 Å². The molecule has 0 amide bonds. The third kappa shape index (κ3) is 3.02. The molecule has 2 nitrogen and oxygen atoms in total. The SMILES string of the molecule is Cc1cccc(CCC(=O)c2cc3cc(F)ccc3[nH]2)c1. The number of ketones is 1. The molecular weight excluding hydrogens is 265 g/mol. The van der Waals surface area contributed by atoms with E-state index in [9.17, 15) is 9.18 Å². The van der Waals surface area contributed by atoms with Gasteiger partial charge in [-0.1, -0.05) is 29.8 Å². The molecule has 106 valence electrons. The van der Waals surface area contributed by atoms with Crippen LogP contribution in [0.15, 0.2) is 48.5 Å². The summed E-state index contributed by atoms with van der Waals surface area (Å²) in [6.45, 7) is 2.04. The van der Waals surface area contributed by atoms with E-state index >= 15 is 0 Å². The first-order chi connectivity index (χ1) is 10.1. The molecular formula is C18H16FNO. The highest BCUT2D eigenvalue weighted by atomic mass is 19.1. The molecule has 3 aromatic rings. The Kier molecular flexibility index (Phi) is 3.57. The van der Waals surface area contributed by atoms with Gasteiger partial charge in [-0.15, -0.1) is 0 Å². The van der Waals surface area contributed by atoms with E-state index in [0.29, 0.717) is 18.5 Å². The summed E-state index contributed by atoms with van der Waals surface area (Å²) in [7, 11) is 0. The first kappa shape index (κ1) is 13.6.